The number of rotatable bonds is 4. The summed E-state index contributed by atoms with van der Waals surface area (Å²) in [5.41, 5.74) is 0.0843. The molecular formula is C12H23N3O2. The number of amides is 1. The largest absolute Gasteiger partial charge is 0.378 e. The Bertz CT molecular complexity index is 277. The summed E-state index contributed by atoms with van der Waals surface area (Å²) in [5, 5.41) is 6.12. The highest BCUT2D eigenvalue weighted by atomic mass is 16.5. The Morgan fingerprint density at radius 1 is 1.53 bits per heavy atom. The third-order valence-electron chi connectivity index (χ3n) is 3.65. The Hall–Kier alpha value is -0.650. The van der Waals surface area contributed by atoms with Crippen LogP contribution in [-0.4, -0.2) is 62.3 Å². The lowest BCUT2D eigenvalue weighted by molar-refractivity contribution is -0.126. The van der Waals surface area contributed by atoms with E-state index in [1.807, 2.05) is 0 Å². The van der Waals surface area contributed by atoms with Gasteiger partial charge in [0.2, 0.25) is 5.91 Å². The topological polar surface area (TPSA) is 53.6 Å². The molecule has 0 bridgehead atoms. The highest BCUT2D eigenvalue weighted by molar-refractivity contribution is 5.79. The quantitative estimate of drug-likeness (QED) is 0.692. The predicted octanol–water partition coefficient (Wildman–Crippen LogP) is -0.567. The molecule has 17 heavy (non-hydrogen) atoms. The molecule has 0 aliphatic carbocycles. The van der Waals surface area contributed by atoms with Crippen molar-refractivity contribution in [1.82, 2.24) is 15.5 Å². The maximum Gasteiger partial charge on any atom is 0.225 e. The minimum Gasteiger partial charge on any atom is -0.378 e. The second kappa shape index (κ2) is 5.33. The average molecular weight is 241 g/mol. The standard InChI is InChI=1S/C12H23N3O2/c1-12(2)9-17-6-5-15(12)4-3-14-11(16)10-7-13-8-10/h10,13H,3-9H2,1-2H3,(H,14,16). The molecule has 0 saturated carbocycles. The van der Waals surface area contributed by atoms with Crippen LogP contribution in [0.5, 0.6) is 0 Å². The molecule has 0 atom stereocenters. The van der Waals surface area contributed by atoms with Gasteiger partial charge in [-0.2, -0.15) is 0 Å². The molecule has 0 aromatic heterocycles. The van der Waals surface area contributed by atoms with Crippen molar-refractivity contribution in [2.75, 3.05) is 45.9 Å². The van der Waals surface area contributed by atoms with Gasteiger partial charge in [-0.3, -0.25) is 9.69 Å². The zero-order valence-electron chi connectivity index (χ0n) is 10.8. The van der Waals surface area contributed by atoms with Crippen molar-refractivity contribution in [3.05, 3.63) is 0 Å². The van der Waals surface area contributed by atoms with E-state index in [9.17, 15) is 4.79 Å². The van der Waals surface area contributed by atoms with Gasteiger partial charge in [0.05, 0.1) is 19.1 Å². The molecule has 0 aromatic rings. The number of hydrogen-bond acceptors (Lipinski definition) is 4. The van der Waals surface area contributed by atoms with Gasteiger partial charge in [-0.1, -0.05) is 0 Å². The Morgan fingerprint density at radius 3 is 2.88 bits per heavy atom. The van der Waals surface area contributed by atoms with E-state index in [2.05, 4.69) is 29.4 Å². The fourth-order valence-corrected chi connectivity index (χ4v) is 2.24. The molecule has 5 nitrogen and oxygen atoms in total. The third-order valence-corrected chi connectivity index (χ3v) is 3.65. The van der Waals surface area contributed by atoms with Gasteiger partial charge in [0.1, 0.15) is 0 Å². The van der Waals surface area contributed by atoms with E-state index < -0.39 is 0 Å². The summed E-state index contributed by atoms with van der Waals surface area (Å²) in [6.45, 7) is 10.2. The molecule has 0 spiro atoms. The lowest BCUT2D eigenvalue weighted by atomic mass is 10.0. The van der Waals surface area contributed by atoms with Gasteiger partial charge in [0.25, 0.3) is 0 Å². The molecular weight excluding hydrogens is 218 g/mol. The van der Waals surface area contributed by atoms with E-state index in [0.29, 0.717) is 0 Å². The van der Waals surface area contributed by atoms with Crippen molar-refractivity contribution in [3.63, 3.8) is 0 Å². The summed E-state index contributed by atoms with van der Waals surface area (Å²) in [6.07, 6.45) is 0. The number of carbonyl (C=O) groups excluding carboxylic acids is 1. The van der Waals surface area contributed by atoms with Gasteiger partial charge in [-0.05, 0) is 13.8 Å². The van der Waals surface area contributed by atoms with Crippen LogP contribution < -0.4 is 10.6 Å². The fraction of sp³-hybridized carbons (Fsp3) is 0.917. The van der Waals surface area contributed by atoms with Gasteiger partial charge in [0, 0.05) is 38.3 Å². The van der Waals surface area contributed by atoms with Crippen LogP contribution in [0.25, 0.3) is 0 Å². The maximum atomic E-state index is 11.6. The minimum absolute atomic E-state index is 0.0843. The first-order chi connectivity index (χ1) is 8.09. The molecule has 2 N–H and O–H groups in total. The smallest absolute Gasteiger partial charge is 0.225 e. The molecule has 2 rings (SSSR count). The van der Waals surface area contributed by atoms with Gasteiger partial charge in [-0.15, -0.1) is 0 Å². The van der Waals surface area contributed by atoms with Crippen LogP contribution in [0.1, 0.15) is 13.8 Å². The van der Waals surface area contributed by atoms with E-state index in [1.165, 1.54) is 0 Å². The summed E-state index contributed by atoms with van der Waals surface area (Å²) >= 11 is 0. The Morgan fingerprint density at radius 2 is 2.29 bits per heavy atom. The van der Waals surface area contributed by atoms with E-state index in [1.54, 1.807) is 0 Å². The summed E-state index contributed by atoms with van der Waals surface area (Å²) in [7, 11) is 0. The molecule has 2 heterocycles. The molecule has 2 saturated heterocycles. The van der Waals surface area contributed by atoms with Gasteiger partial charge < -0.3 is 15.4 Å². The second-order valence-electron chi connectivity index (χ2n) is 5.50. The predicted molar refractivity (Wildman–Crippen MR) is 65.8 cm³/mol. The summed E-state index contributed by atoms with van der Waals surface area (Å²) < 4.78 is 5.47. The molecule has 0 aromatic carbocycles. The van der Waals surface area contributed by atoms with Crippen LogP contribution in [0.15, 0.2) is 0 Å². The summed E-state index contributed by atoms with van der Waals surface area (Å²) in [4.78, 5) is 14.0. The summed E-state index contributed by atoms with van der Waals surface area (Å²) in [6, 6.07) is 0. The molecule has 0 unspecified atom stereocenters. The van der Waals surface area contributed by atoms with Crippen molar-refractivity contribution < 1.29 is 9.53 Å². The number of hydrogen-bond donors (Lipinski definition) is 2. The summed E-state index contributed by atoms with van der Waals surface area (Å²) in [5.74, 6) is 0.377. The van der Waals surface area contributed by atoms with Crippen LogP contribution in [0, 0.1) is 5.92 Å². The number of carbonyl (C=O) groups is 1. The molecule has 5 heteroatoms. The molecule has 2 aliphatic rings. The lowest BCUT2D eigenvalue weighted by Crippen LogP contribution is -2.56. The Balaban J connectivity index is 1.68. The first-order valence-corrected chi connectivity index (χ1v) is 6.41. The van der Waals surface area contributed by atoms with E-state index >= 15 is 0 Å². The molecule has 2 aliphatic heterocycles. The molecule has 1 amide bonds. The number of nitrogens with zero attached hydrogens (tertiary/aromatic N) is 1. The van der Waals surface area contributed by atoms with Gasteiger partial charge in [0.15, 0.2) is 0 Å². The van der Waals surface area contributed by atoms with Crippen molar-refractivity contribution >= 4 is 5.91 Å². The van der Waals surface area contributed by atoms with Crippen molar-refractivity contribution in [1.29, 1.82) is 0 Å². The highest BCUT2D eigenvalue weighted by Crippen LogP contribution is 2.17. The van der Waals surface area contributed by atoms with Crippen LogP contribution in [0.4, 0.5) is 0 Å². The minimum atomic E-state index is 0.0843. The molecule has 0 radical (unpaired) electrons. The van der Waals surface area contributed by atoms with Crippen molar-refractivity contribution in [2.24, 2.45) is 5.92 Å². The molecule has 98 valence electrons. The van der Waals surface area contributed by atoms with Crippen LogP contribution in [-0.2, 0) is 9.53 Å². The first kappa shape index (κ1) is 12.8. The zero-order valence-corrected chi connectivity index (χ0v) is 10.8. The van der Waals surface area contributed by atoms with Crippen LogP contribution in [0.2, 0.25) is 0 Å². The lowest BCUT2D eigenvalue weighted by Gasteiger charge is -2.42. The van der Waals surface area contributed by atoms with Crippen LogP contribution in [0.3, 0.4) is 0 Å². The normalized spacial score (nSPS) is 25.3. The third kappa shape index (κ3) is 3.18. The van der Waals surface area contributed by atoms with E-state index in [-0.39, 0.29) is 17.4 Å². The monoisotopic (exact) mass is 241 g/mol. The average Bonchev–Trinajstić information content (AvgIpc) is 2.17. The van der Waals surface area contributed by atoms with Gasteiger partial charge in [-0.25, -0.2) is 0 Å². The first-order valence-electron chi connectivity index (χ1n) is 6.41. The molecule has 2 fully saturated rings. The number of ether oxygens (including phenoxy) is 1. The maximum absolute atomic E-state index is 11.6. The van der Waals surface area contributed by atoms with Crippen molar-refractivity contribution in [3.8, 4) is 0 Å². The number of morpholine rings is 1. The highest BCUT2D eigenvalue weighted by Gasteiger charge is 2.30. The zero-order chi connectivity index (χ0) is 12.3. The van der Waals surface area contributed by atoms with Crippen LogP contribution >= 0.6 is 0 Å². The van der Waals surface area contributed by atoms with Crippen molar-refractivity contribution in [2.45, 2.75) is 19.4 Å². The Kier molecular flexibility index (Phi) is 4.01. The Labute approximate surface area is 103 Å². The van der Waals surface area contributed by atoms with E-state index in [0.717, 1.165) is 45.9 Å². The fourth-order valence-electron chi connectivity index (χ4n) is 2.24. The SMILES string of the molecule is CC1(C)COCCN1CCNC(=O)C1CNC1. The van der Waals surface area contributed by atoms with E-state index in [4.69, 9.17) is 4.74 Å². The van der Waals surface area contributed by atoms with Gasteiger partial charge >= 0.3 is 0 Å². The number of nitrogens with one attached hydrogen (secondary N) is 2. The second-order valence-corrected chi connectivity index (χ2v) is 5.50.